The summed E-state index contributed by atoms with van der Waals surface area (Å²) in [5.41, 5.74) is 2.09. The lowest BCUT2D eigenvalue weighted by molar-refractivity contribution is -0.146. The number of hydrogen-bond donors (Lipinski definition) is 1. The number of nitrogens with one attached hydrogen (secondary N) is 1. The number of amides is 1. The van der Waals surface area contributed by atoms with E-state index in [4.69, 9.17) is 4.98 Å². The normalized spacial score (nSPS) is 31.3. The van der Waals surface area contributed by atoms with Gasteiger partial charge in [0.2, 0.25) is 5.91 Å². The Balaban J connectivity index is 1.27. The summed E-state index contributed by atoms with van der Waals surface area (Å²) in [5, 5.41) is 3.28. The van der Waals surface area contributed by atoms with Gasteiger partial charge in [0.15, 0.2) is 0 Å². The smallest absolute Gasteiger partial charge is 0.226 e. The molecular formula is C23H29N3O. The van der Waals surface area contributed by atoms with Gasteiger partial charge in [0.1, 0.15) is 5.82 Å². The van der Waals surface area contributed by atoms with Crippen LogP contribution in [0.4, 0.5) is 0 Å². The number of nitrogens with zero attached hydrogens (tertiary/aromatic N) is 2. The Bertz CT molecular complexity index is 846. The minimum atomic E-state index is -0.0595. The molecule has 0 unspecified atom stereocenters. The highest BCUT2D eigenvalue weighted by Crippen LogP contribution is 2.60. The van der Waals surface area contributed by atoms with E-state index >= 15 is 0 Å². The molecule has 2 aromatic rings. The first kappa shape index (κ1) is 17.0. The summed E-state index contributed by atoms with van der Waals surface area (Å²) in [4.78, 5) is 17.9. The lowest BCUT2D eigenvalue weighted by Crippen LogP contribution is -2.53. The maximum absolute atomic E-state index is 13.1. The Kier molecular flexibility index (Phi) is 4.10. The van der Waals surface area contributed by atoms with E-state index in [0.29, 0.717) is 12.5 Å². The molecule has 1 aromatic carbocycles. The van der Waals surface area contributed by atoms with E-state index in [0.717, 1.165) is 66.8 Å². The van der Waals surface area contributed by atoms with Gasteiger partial charge in [-0.05, 0) is 68.4 Å². The first-order valence-electron chi connectivity index (χ1n) is 10.5. The molecule has 4 fully saturated rings. The fourth-order valence-electron chi connectivity index (χ4n) is 6.51. The molecule has 0 atom stereocenters. The van der Waals surface area contributed by atoms with Crippen LogP contribution < -0.4 is 5.32 Å². The van der Waals surface area contributed by atoms with Gasteiger partial charge in [-0.3, -0.25) is 4.79 Å². The molecule has 0 radical (unpaired) electrons. The molecule has 4 saturated carbocycles. The van der Waals surface area contributed by atoms with Gasteiger partial charge in [0.25, 0.3) is 0 Å². The molecule has 4 aliphatic carbocycles. The lowest BCUT2D eigenvalue weighted by Gasteiger charge is -2.55. The van der Waals surface area contributed by atoms with Gasteiger partial charge in [0, 0.05) is 24.9 Å². The van der Waals surface area contributed by atoms with Crippen molar-refractivity contribution in [3.63, 3.8) is 0 Å². The summed E-state index contributed by atoms with van der Waals surface area (Å²) < 4.78 is 2.21. The molecule has 1 heterocycles. The Morgan fingerprint density at radius 2 is 1.85 bits per heavy atom. The number of allylic oxidation sites excluding steroid dienone is 1. The van der Waals surface area contributed by atoms with Crippen LogP contribution >= 0.6 is 0 Å². The topological polar surface area (TPSA) is 46.9 Å². The number of imidazole rings is 1. The van der Waals surface area contributed by atoms with Gasteiger partial charge >= 0.3 is 0 Å². The zero-order valence-corrected chi connectivity index (χ0v) is 16.0. The van der Waals surface area contributed by atoms with Crippen LogP contribution in [0.15, 0.2) is 36.9 Å². The zero-order chi connectivity index (χ0) is 18.4. The van der Waals surface area contributed by atoms with Gasteiger partial charge < -0.3 is 9.88 Å². The predicted octanol–water partition coefficient (Wildman–Crippen LogP) is 4.10. The van der Waals surface area contributed by atoms with Crippen LogP contribution in [0.25, 0.3) is 11.0 Å². The molecule has 142 valence electrons. The first-order valence-corrected chi connectivity index (χ1v) is 10.5. The van der Waals surface area contributed by atoms with Crippen LogP contribution in [0.2, 0.25) is 0 Å². The third-order valence-corrected chi connectivity index (χ3v) is 7.20. The second-order valence-corrected chi connectivity index (χ2v) is 9.12. The molecule has 4 heteroatoms. The van der Waals surface area contributed by atoms with Gasteiger partial charge in [-0.1, -0.05) is 18.2 Å². The number of para-hydroxylation sites is 2. The third kappa shape index (κ3) is 2.90. The molecule has 1 aromatic heterocycles. The van der Waals surface area contributed by atoms with Gasteiger partial charge in [-0.25, -0.2) is 4.98 Å². The summed E-state index contributed by atoms with van der Waals surface area (Å²) >= 11 is 0. The zero-order valence-electron chi connectivity index (χ0n) is 16.0. The second kappa shape index (κ2) is 6.50. The molecular weight excluding hydrogens is 334 g/mol. The molecule has 4 aliphatic rings. The molecule has 0 spiro atoms. The number of aromatic nitrogens is 2. The number of fused-ring (bicyclic) bond motifs is 1. The van der Waals surface area contributed by atoms with E-state index in [2.05, 4.69) is 22.5 Å². The molecule has 1 N–H and O–H groups in total. The van der Waals surface area contributed by atoms with E-state index in [1.54, 1.807) is 0 Å². The minimum absolute atomic E-state index is 0.0595. The van der Waals surface area contributed by atoms with Crippen LogP contribution in [0.3, 0.4) is 0 Å². The van der Waals surface area contributed by atoms with E-state index in [-0.39, 0.29) is 5.41 Å². The highest BCUT2D eigenvalue weighted by Gasteiger charge is 2.54. The highest BCUT2D eigenvalue weighted by atomic mass is 16.2. The Morgan fingerprint density at radius 1 is 1.19 bits per heavy atom. The van der Waals surface area contributed by atoms with Crippen molar-refractivity contribution in [2.75, 3.05) is 6.54 Å². The monoisotopic (exact) mass is 363 g/mol. The largest absolute Gasteiger partial charge is 0.355 e. The number of carbonyl (C=O) groups excluding carboxylic acids is 1. The first-order chi connectivity index (χ1) is 13.2. The number of benzene rings is 1. The van der Waals surface area contributed by atoms with Crippen molar-refractivity contribution in [2.45, 2.75) is 51.5 Å². The van der Waals surface area contributed by atoms with Gasteiger partial charge in [-0.15, -0.1) is 6.58 Å². The van der Waals surface area contributed by atoms with Crippen LogP contribution in [0.1, 0.15) is 44.3 Å². The van der Waals surface area contributed by atoms with Crippen LogP contribution in [0.5, 0.6) is 0 Å². The second-order valence-electron chi connectivity index (χ2n) is 9.12. The third-order valence-electron chi connectivity index (χ3n) is 7.20. The van der Waals surface area contributed by atoms with Crippen molar-refractivity contribution in [2.24, 2.45) is 23.2 Å². The summed E-state index contributed by atoms with van der Waals surface area (Å²) in [6.45, 7) is 5.30. The summed E-state index contributed by atoms with van der Waals surface area (Å²) in [6, 6.07) is 8.21. The van der Waals surface area contributed by atoms with E-state index in [9.17, 15) is 4.79 Å². The number of carbonyl (C=O) groups is 1. The van der Waals surface area contributed by atoms with Crippen molar-refractivity contribution in [1.82, 2.24) is 14.9 Å². The molecule has 27 heavy (non-hydrogen) atoms. The fourth-order valence-corrected chi connectivity index (χ4v) is 6.51. The molecule has 0 aliphatic heterocycles. The molecule has 4 bridgehead atoms. The Morgan fingerprint density at radius 3 is 2.52 bits per heavy atom. The van der Waals surface area contributed by atoms with Gasteiger partial charge in [-0.2, -0.15) is 0 Å². The average molecular weight is 364 g/mol. The highest BCUT2D eigenvalue weighted by molar-refractivity contribution is 5.83. The summed E-state index contributed by atoms with van der Waals surface area (Å²) in [7, 11) is 0. The number of hydrogen-bond acceptors (Lipinski definition) is 2. The van der Waals surface area contributed by atoms with Gasteiger partial charge in [0.05, 0.1) is 11.0 Å². The van der Waals surface area contributed by atoms with Crippen molar-refractivity contribution < 1.29 is 4.79 Å². The maximum atomic E-state index is 13.1. The van der Waals surface area contributed by atoms with Crippen molar-refractivity contribution in [1.29, 1.82) is 0 Å². The molecule has 6 rings (SSSR count). The average Bonchev–Trinajstić information content (AvgIpc) is 2.99. The molecule has 4 nitrogen and oxygen atoms in total. The van der Waals surface area contributed by atoms with Crippen LogP contribution in [-0.4, -0.2) is 22.0 Å². The van der Waals surface area contributed by atoms with E-state index in [1.165, 1.54) is 19.3 Å². The minimum Gasteiger partial charge on any atom is -0.355 e. The molecule has 1 amide bonds. The number of rotatable bonds is 6. The van der Waals surface area contributed by atoms with Crippen LogP contribution in [-0.2, 0) is 17.8 Å². The van der Waals surface area contributed by atoms with E-state index in [1.807, 2.05) is 24.3 Å². The SMILES string of the molecule is C=CCn1c(CCNC(=O)C23CC4CC(CC(C4)C2)C3)nc2ccccc21. The van der Waals surface area contributed by atoms with E-state index < -0.39 is 0 Å². The Hall–Kier alpha value is -2.10. The van der Waals surface area contributed by atoms with Crippen molar-refractivity contribution >= 4 is 16.9 Å². The fraction of sp³-hybridized carbons (Fsp3) is 0.565. The quantitative estimate of drug-likeness (QED) is 0.786. The summed E-state index contributed by atoms with van der Waals surface area (Å²) in [5.74, 6) is 3.76. The Labute approximate surface area is 161 Å². The van der Waals surface area contributed by atoms with Crippen molar-refractivity contribution in [3.8, 4) is 0 Å². The summed E-state index contributed by atoms with van der Waals surface area (Å²) in [6.07, 6.45) is 10.2. The maximum Gasteiger partial charge on any atom is 0.226 e. The lowest BCUT2D eigenvalue weighted by atomic mass is 9.49. The van der Waals surface area contributed by atoms with Crippen molar-refractivity contribution in [3.05, 3.63) is 42.7 Å². The molecule has 0 saturated heterocycles. The standard InChI is InChI=1S/C23H29N3O/c1-2-9-26-20-6-4-3-5-19(20)25-21(26)7-8-24-22(27)23-13-16-10-17(14-23)12-18(11-16)15-23/h2-6,16-18H,1,7-15H2,(H,24,27). The predicted molar refractivity (Wildman–Crippen MR) is 107 cm³/mol. The van der Waals surface area contributed by atoms with Crippen LogP contribution in [0, 0.1) is 23.2 Å².